The van der Waals surface area contributed by atoms with Gasteiger partial charge in [-0.25, -0.2) is 0 Å². The highest BCUT2D eigenvalue weighted by molar-refractivity contribution is 5.76. The van der Waals surface area contributed by atoms with E-state index >= 15 is 0 Å². The fourth-order valence-electron chi connectivity index (χ4n) is 4.67. The van der Waals surface area contributed by atoms with Gasteiger partial charge in [0.1, 0.15) is 18.2 Å². The molecule has 0 aromatic heterocycles. The standard InChI is InChI=1S/C25H29N3O4/c1-29-21-6-5-17(11-22(21)30-2)7-9-27-15-19(14-26)25-20-13-24(32-4)23(31-3)12-18(20)8-10-28(25)16-27/h5-6,11-13H,7-10,15-16H2,1-4H3/p+1. The van der Waals surface area contributed by atoms with Gasteiger partial charge >= 0.3 is 0 Å². The highest BCUT2D eigenvalue weighted by atomic mass is 16.5. The zero-order valence-corrected chi connectivity index (χ0v) is 19.2. The van der Waals surface area contributed by atoms with Gasteiger partial charge in [0.05, 0.1) is 40.7 Å². The number of quaternary nitrogens is 1. The predicted octanol–water partition coefficient (Wildman–Crippen LogP) is 1.91. The Bertz CT molecular complexity index is 1070. The number of nitriles is 1. The van der Waals surface area contributed by atoms with E-state index in [1.165, 1.54) is 16.0 Å². The highest BCUT2D eigenvalue weighted by Crippen LogP contribution is 2.39. The summed E-state index contributed by atoms with van der Waals surface area (Å²) in [5, 5.41) is 9.98. The summed E-state index contributed by atoms with van der Waals surface area (Å²) in [4.78, 5) is 3.73. The first-order valence-corrected chi connectivity index (χ1v) is 10.8. The van der Waals surface area contributed by atoms with Gasteiger partial charge in [0.25, 0.3) is 0 Å². The van der Waals surface area contributed by atoms with Crippen molar-refractivity contribution in [1.82, 2.24) is 4.90 Å². The van der Waals surface area contributed by atoms with Crippen LogP contribution in [0.15, 0.2) is 35.9 Å². The van der Waals surface area contributed by atoms with Crippen LogP contribution in [0, 0.1) is 11.3 Å². The first-order valence-electron chi connectivity index (χ1n) is 10.8. The normalized spacial score (nSPS) is 17.2. The topological polar surface area (TPSA) is 68.4 Å². The summed E-state index contributed by atoms with van der Waals surface area (Å²) < 4.78 is 21.8. The van der Waals surface area contributed by atoms with E-state index in [0.29, 0.717) is 12.3 Å². The molecule has 0 radical (unpaired) electrons. The second-order valence-electron chi connectivity index (χ2n) is 8.09. The minimum absolute atomic E-state index is 0.695. The molecule has 0 saturated heterocycles. The van der Waals surface area contributed by atoms with Crippen LogP contribution in [0.2, 0.25) is 0 Å². The lowest BCUT2D eigenvalue weighted by Crippen LogP contribution is -3.14. The number of ether oxygens (including phenoxy) is 4. The van der Waals surface area contributed by atoms with Crippen molar-refractivity contribution in [2.75, 3.05) is 54.7 Å². The second-order valence-corrected chi connectivity index (χ2v) is 8.09. The van der Waals surface area contributed by atoms with Crippen LogP contribution in [0.3, 0.4) is 0 Å². The van der Waals surface area contributed by atoms with Gasteiger partial charge < -0.3 is 28.7 Å². The summed E-state index contributed by atoms with van der Waals surface area (Å²) in [6.07, 6.45) is 1.82. The molecule has 32 heavy (non-hydrogen) atoms. The van der Waals surface area contributed by atoms with E-state index in [2.05, 4.69) is 17.0 Å². The third kappa shape index (κ3) is 4.06. The van der Waals surface area contributed by atoms with Gasteiger partial charge in [-0.2, -0.15) is 5.26 Å². The van der Waals surface area contributed by atoms with Crippen LogP contribution in [0.25, 0.3) is 5.70 Å². The Morgan fingerprint density at radius 3 is 2.31 bits per heavy atom. The fraction of sp³-hybridized carbons (Fsp3) is 0.400. The van der Waals surface area contributed by atoms with E-state index in [4.69, 9.17) is 18.9 Å². The summed E-state index contributed by atoms with van der Waals surface area (Å²) in [5.41, 5.74) is 5.36. The van der Waals surface area contributed by atoms with Crippen molar-refractivity contribution < 1.29 is 23.8 Å². The van der Waals surface area contributed by atoms with Gasteiger partial charge in [0.15, 0.2) is 29.7 Å². The molecular formula is C25H30N3O4+. The molecule has 168 valence electrons. The lowest BCUT2D eigenvalue weighted by atomic mass is 9.92. The monoisotopic (exact) mass is 436 g/mol. The molecule has 1 unspecified atom stereocenters. The molecule has 2 aromatic rings. The molecule has 0 amide bonds. The van der Waals surface area contributed by atoms with Crippen LogP contribution >= 0.6 is 0 Å². The van der Waals surface area contributed by atoms with Crippen LogP contribution in [0.1, 0.15) is 16.7 Å². The zero-order valence-electron chi connectivity index (χ0n) is 19.2. The third-order valence-corrected chi connectivity index (χ3v) is 6.31. The average Bonchev–Trinajstić information content (AvgIpc) is 2.85. The van der Waals surface area contributed by atoms with E-state index in [9.17, 15) is 5.26 Å². The van der Waals surface area contributed by atoms with E-state index < -0.39 is 0 Å². The van der Waals surface area contributed by atoms with Crippen molar-refractivity contribution in [2.24, 2.45) is 0 Å². The average molecular weight is 437 g/mol. The van der Waals surface area contributed by atoms with Gasteiger partial charge in [-0.1, -0.05) is 6.07 Å². The molecule has 2 aromatic carbocycles. The SMILES string of the molecule is COc1ccc(CC[NH+]2CC(C#N)=C3c4cc(OC)c(OC)cc4CCN3C2)cc1OC. The molecule has 0 aliphatic carbocycles. The number of benzene rings is 2. The summed E-state index contributed by atoms with van der Waals surface area (Å²) in [6.45, 7) is 3.41. The molecule has 2 aliphatic heterocycles. The minimum atomic E-state index is 0.695. The highest BCUT2D eigenvalue weighted by Gasteiger charge is 2.33. The summed E-state index contributed by atoms with van der Waals surface area (Å²) >= 11 is 0. The van der Waals surface area contributed by atoms with Crippen molar-refractivity contribution in [3.8, 4) is 29.1 Å². The van der Waals surface area contributed by atoms with Gasteiger partial charge in [0, 0.05) is 18.5 Å². The van der Waals surface area contributed by atoms with Crippen molar-refractivity contribution >= 4 is 5.70 Å². The maximum Gasteiger partial charge on any atom is 0.161 e. The van der Waals surface area contributed by atoms with Crippen molar-refractivity contribution in [2.45, 2.75) is 12.8 Å². The van der Waals surface area contributed by atoms with Crippen LogP contribution in [0.4, 0.5) is 0 Å². The molecular weight excluding hydrogens is 406 g/mol. The van der Waals surface area contributed by atoms with Crippen LogP contribution in [-0.4, -0.2) is 59.6 Å². The van der Waals surface area contributed by atoms with E-state index in [1.54, 1.807) is 28.4 Å². The second kappa shape index (κ2) is 9.41. The first-order chi connectivity index (χ1) is 15.6. The van der Waals surface area contributed by atoms with Gasteiger partial charge in [-0.15, -0.1) is 0 Å². The van der Waals surface area contributed by atoms with Crippen LogP contribution < -0.4 is 23.8 Å². The number of hydrogen-bond acceptors (Lipinski definition) is 6. The van der Waals surface area contributed by atoms with E-state index in [1.807, 2.05) is 24.3 Å². The van der Waals surface area contributed by atoms with Gasteiger partial charge in [0.2, 0.25) is 0 Å². The molecule has 1 atom stereocenters. The predicted molar refractivity (Wildman–Crippen MR) is 121 cm³/mol. The summed E-state index contributed by atoms with van der Waals surface area (Å²) in [7, 11) is 6.60. The van der Waals surface area contributed by atoms with Crippen molar-refractivity contribution in [3.05, 3.63) is 52.6 Å². The van der Waals surface area contributed by atoms with E-state index in [-0.39, 0.29) is 0 Å². The smallest absolute Gasteiger partial charge is 0.161 e. The number of hydrogen-bond donors (Lipinski definition) is 1. The van der Waals surface area contributed by atoms with Crippen LogP contribution in [0.5, 0.6) is 23.0 Å². The molecule has 1 N–H and O–H groups in total. The quantitative estimate of drug-likeness (QED) is 0.715. The Balaban J connectivity index is 1.56. The third-order valence-electron chi connectivity index (χ3n) is 6.31. The minimum Gasteiger partial charge on any atom is -0.493 e. The van der Waals surface area contributed by atoms with E-state index in [0.717, 1.165) is 66.7 Å². The Hall–Kier alpha value is -3.37. The Morgan fingerprint density at radius 1 is 0.938 bits per heavy atom. The first kappa shape index (κ1) is 21.8. The Morgan fingerprint density at radius 2 is 1.62 bits per heavy atom. The number of nitrogens with one attached hydrogen (secondary N) is 1. The van der Waals surface area contributed by atoms with Gasteiger partial charge in [-0.05, 0) is 41.8 Å². The van der Waals surface area contributed by atoms with Gasteiger partial charge in [-0.3, -0.25) is 0 Å². The molecule has 0 bridgehead atoms. The number of fused-ring (bicyclic) bond motifs is 3. The summed E-state index contributed by atoms with van der Waals surface area (Å²) in [5.74, 6) is 2.91. The molecule has 2 heterocycles. The molecule has 0 fully saturated rings. The fourth-order valence-corrected chi connectivity index (χ4v) is 4.67. The lowest BCUT2D eigenvalue weighted by molar-refractivity contribution is -0.906. The van der Waals surface area contributed by atoms with Crippen molar-refractivity contribution in [1.29, 1.82) is 5.26 Å². The number of nitrogens with zero attached hydrogens (tertiary/aromatic N) is 2. The Labute approximate surface area is 189 Å². The largest absolute Gasteiger partial charge is 0.493 e. The molecule has 2 aliphatic rings. The van der Waals surface area contributed by atoms with Crippen LogP contribution in [-0.2, 0) is 12.8 Å². The molecule has 0 saturated carbocycles. The van der Waals surface area contributed by atoms with Crippen molar-refractivity contribution in [3.63, 3.8) is 0 Å². The Kier molecular flexibility index (Phi) is 6.42. The molecule has 7 nitrogen and oxygen atoms in total. The molecule has 7 heteroatoms. The molecule has 4 rings (SSSR count). The zero-order chi connectivity index (χ0) is 22.7. The lowest BCUT2D eigenvalue weighted by Gasteiger charge is -2.39. The maximum absolute atomic E-state index is 9.98. The molecule has 0 spiro atoms. The number of methoxy groups -OCH3 is 4. The summed E-state index contributed by atoms with van der Waals surface area (Å²) in [6, 6.07) is 12.6. The number of rotatable bonds is 7. The maximum atomic E-state index is 9.98.